The first-order valence-electron chi connectivity index (χ1n) is 12.9. The Kier molecular flexibility index (Phi) is 8.68. The number of fused-ring (bicyclic) bond motifs is 1. The zero-order valence-corrected chi connectivity index (χ0v) is 23.3. The number of aromatic nitrogens is 4. The number of alkyl halides is 2. The highest BCUT2D eigenvalue weighted by Gasteiger charge is 2.67. The number of carbonyl (C=O) groups is 1. The monoisotopic (exact) mass is 586 g/mol. The highest BCUT2D eigenvalue weighted by atomic mass is 31.2. The number of carbonyl (C=O) groups excluding carboxylic acids is 1. The van der Waals surface area contributed by atoms with Gasteiger partial charge in [0.2, 0.25) is 17.5 Å². The summed E-state index contributed by atoms with van der Waals surface area (Å²) in [6.45, 7) is 3.23. The number of aliphatic hydroxyl groups excluding tert-OH is 1. The molecule has 1 unspecified atom stereocenters. The third-order valence-electron chi connectivity index (χ3n) is 6.76. The molecule has 2 fully saturated rings. The molecular weight excluding hydrogens is 553 g/mol. The minimum Gasteiger partial charge on any atom is -0.476 e. The van der Waals surface area contributed by atoms with E-state index in [-0.39, 0.29) is 35.7 Å². The summed E-state index contributed by atoms with van der Waals surface area (Å²) < 4.78 is 67.3. The van der Waals surface area contributed by atoms with Gasteiger partial charge in [-0.1, -0.05) is 12.3 Å². The summed E-state index contributed by atoms with van der Waals surface area (Å²) >= 11 is 0. The second kappa shape index (κ2) is 11.5. The number of hydrogen-bond donors (Lipinski definition) is 3. The number of hydrogen-bond acceptors (Lipinski definition) is 11. The number of ether oxygens (including phenoxy) is 3. The van der Waals surface area contributed by atoms with E-state index in [4.69, 9.17) is 30.9 Å². The van der Waals surface area contributed by atoms with Crippen LogP contribution in [0.2, 0.25) is 0 Å². The number of esters is 1. The second-order valence-electron chi connectivity index (χ2n) is 9.88. The van der Waals surface area contributed by atoms with Gasteiger partial charge >= 0.3 is 5.97 Å². The van der Waals surface area contributed by atoms with Gasteiger partial charge in [-0.05, 0) is 39.5 Å². The van der Waals surface area contributed by atoms with Crippen LogP contribution in [0.1, 0.15) is 52.2 Å². The van der Waals surface area contributed by atoms with Crippen LogP contribution in [-0.4, -0.2) is 80.2 Å². The van der Waals surface area contributed by atoms with Crippen molar-refractivity contribution < 1.29 is 42.0 Å². The van der Waals surface area contributed by atoms with Crippen LogP contribution < -0.4 is 15.6 Å². The highest BCUT2D eigenvalue weighted by Crippen LogP contribution is 2.50. The molecule has 1 aliphatic heterocycles. The van der Waals surface area contributed by atoms with Gasteiger partial charge < -0.3 is 29.6 Å². The van der Waals surface area contributed by atoms with E-state index in [1.54, 1.807) is 12.8 Å². The van der Waals surface area contributed by atoms with E-state index >= 15 is 8.78 Å². The molecule has 2 aromatic heterocycles. The molecule has 220 valence electrons. The molecular formula is C24H33F2N6O7P. The van der Waals surface area contributed by atoms with E-state index in [9.17, 15) is 14.5 Å². The van der Waals surface area contributed by atoms with Gasteiger partial charge in [0.05, 0.1) is 12.9 Å². The Balaban J connectivity index is 1.49. The van der Waals surface area contributed by atoms with Crippen molar-refractivity contribution >= 4 is 30.6 Å². The van der Waals surface area contributed by atoms with Crippen LogP contribution in [0.15, 0.2) is 6.33 Å². The third-order valence-corrected chi connectivity index (χ3v) is 8.24. The molecule has 0 aromatic carbocycles. The third kappa shape index (κ3) is 5.91. The normalized spacial score (nSPS) is 29.5. The molecule has 4 N–H and O–H groups in total. The number of terminal acetylenes is 1. The van der Waals surface area contributed by atoms with Crippen LogP contribution in [0.3, 0.4) is 0 Å². The molecule has 40 heavy (non-hydrogen) atoms. The molecule has 1 aliphatic carbocycles. The first kappa shape index (κ1) is 30.1. The summed E-state index contributed by atoms with van der Waals surface area (Å²) in [7, 11) is -3.90. The lowest BCUT2D eigenvalue weighted by atomic mass is 9.96. The van der Waals surface area contributed by atoms with Gasteiger partial charge in [-0.15, -0.1) is 6.42 Å². The smallest absolute Gasteiger partial charge is 0.323 e. The second-order valence-corrected chi connectivity index (χ2v) is 12.1. The fourth-order valence-electron chi connectivity index (χ4n) is 4.72. The Hall–Kier alpha value is -2.89. The average molecular weight is 587 g/mol. The maximum Gasteiger partial charge on any atom is 0.323 e. The van der Waals surface area contributed by atoms with Gasteiger partial charge in [0.15, 0.2) is 23.5 Å². The number of aliphatic hydroxyl groups is 1. The van der Waals surface area contributed by atoms with Crippen LogP contribution in [-0.2, 0) is 23.4 Å². The van der Waals surface area contributed by atoms with Crippen molar-refractivity contribution in [3.8, 4) is 18.2 Å². The number of nitrogen functional groups attached to an aromatic ring is 1. The van der Waals surface area contributed by atoms with E-state index in [0.717, 1.165) is 49.7 Å². The van der Waals surface area contributed by atoms with Gasteiger partial charge in [0, 0.05) is 6.66 Å². The van der Waals surface area contributed by atoms with E-state index in [0.29, 0.717) is 0 Å². The summed E-state index contributed by atoms with van der Waals surface area (Å²) in [5.74, 6) is -2.40. The van der Waals surface area contributed by atoms with E-state index in [2.05, 4.69) is 20.0 Å². The Bertz CT molecular complexity index is 1330. The van der Waals surface area contributed by atoms with E-state index in [1.165, 1.54) is 6.92 Å². The van der Waals surface area contributed by atoms with Crippen LogP contribution in [0.4, 0.5) is 14.7 Å². The van der Waals surface area contributed by atoms with Gasteiger partial charge in [0.1, 0.15) is 18.8 Å². The lowest BCUT2D eigenvalue weighted by Crippen LogP contribution is -2.48. The maximum absolute atomic E-state index is 16.0. The molecule has 0 amide bonds. The van der Waals surface area contributed by atoms with Crippen LogP contribution in [0, 0.1) is 12.3 Å². The number of halogens is 2. The minimum atomic E-state index is -3.90. The Morgan fingerprint density at radius 3 is 2.75 bits per heavy atom. The molecule has 1 saturated heterocycles. The molecule has 3 heterocycles. The molecule has 16 heteroatoms. The van der Waals surface area contributed by atoms with Crippen molar-refractivity contribution in [3.05, 3.63) is 6.33 Å². The Morgan fingerprint density at radius 1 is 1.40 bits per heavy atom. The van der Waals surface area contributed by atoms with Crippen molar-refractivity contribution in [2.75, 3.05) is 25.6 Å². The molecule has 13 nitrogen and oxygen atoms in total. The number of nitrogens with two attached hydrogens (primary N) is 1. The summed E-state index contributed by atoms with van der Waals surface area (Å²) in [5.41, 5.74) is 2.57. The van der Waals surface area contributed by atoms with Crippen molar-refractivity contribution in [2.45, 2.75) is 82.0 Å². The SMILES string of the molecule is C#C[C@]1(F)[C@H](n2cnc3c(OCC)nc(N)nc32)O[C@](F)(COP(C)(=O)N[C@@H](C)C(=O)OC2CCCCC2)[C@H]1O. The zero-order chi connectivity index (χ0) is 29.3. The van der Waals surface area contributed by atoms with Gasteiger partial charge in [0.25, 0.3) is 13.4 Å². The Morgan fingerprint density at radius 2 is 2.10 bits per heavy atom. The maximum atomic E-state index is 16.0. The molecule has 0 radical (unpaired) electrons. The molecule has 2 aliphatic rings. The van der Waals surface area contributed by atoms with Crippen molar-refractivity contribution in [3.63, 3.8) is 0 Å². The van der Waals surface area contributed by atoms with Gasteiger partial charge in [-0.25, -0.2) is 18.9 Å². The predicted molar refractivity (Wildman–Crippen MR) is 139 cm³/mol. The van der Waals surface area contributed by atoms with Crippen molar-refractivity contribution in [2.24, 2.45) is 0 Å². The van der Waals surface area contributed by atoms with E-state index < -0.39 is 50.0 Å². The summed E-state index contributed by atoms with van der Waals surface area (Å²) in [4.78, 5) is 24.5. The fourth-order valence-corrected chi connectivity index (χ4v) is 6.03. The lowest BCUT2D eigenvalue weighted by molar-refractivity contribution is -0.202. The van der Waals surface area contributed by atoms with Crippen molar-refractivity contribution in [1.82, 2.24) is 24.6 Å². The van der Waals surface area contributed by atoms with Gasteiger partial charge in [-0.3, -0.25) is 13.9 Å². The summed E-state index contributed by atoms with van der Waals surface area (Å²) in [5, 5.41) is 13.1. The topological polar surface area (TPSA) is 173 Å². The highest BCUT2D eigenvalue weighted by molar-refractivity contribution is 7.56. The molecule has 2 aromatic rings. The first-order valence-corrected chi connectivity index (χ1v) is 15.0. The first-order chi connectivity index (χ1) is 18.8. The quantitative estimate of drug-likeness (QED) is 0.211. The molecule has 0 spiro atoms. The number of nitrogens with zero attached hydrogens (tertiary/aromatic N) is 4. The number of anilines is 1. The van der Waals surface area contributed by atoms with E-state index in [1.807, 2.05) is 0 Å². The molecule has 0 bridgehead atoms. The number of imidazole rings is 1. The molecule has 6 atom stereocenters. The average Bonchev–Trinajstić information content (AvgIpc) is 3.41. The van der Waals surface area contributed by atoms with Crippen LogP contribution >= 0.6 is 7.52 Å². The number of nitrogens with one attached hydrogen (secondary N) is 1. The largest absolute Gasteiger partial charge is 0.476 e. The standard InChI is InChI=1S/C24H33F2N6O7P/c1-5-23(25)20(34)24(26,12-37-40(4,35)31-14(3)19(33)38-15-10-8-7-9-11-15)39-21(23)32-13-28-16-17(32)29-22(27)30-18(16)36-6-2/h1,13-15,20-21,34H,6-12H2,2-4H3,(H,31,35)(H2,27,29,30)/t14-,20-,21+,23+,24+,40?/m0/s1. The van der Waals surface area contributed by atoms with Crippen LogP contribution in [0.25, 0.3) is 11.2 Å². The van der Waals surface area contributed by atoms with Gasteiger partial charge in [-0.2, -0.15) is 9.97 Å². The summed E-state index contributed by atoms with van der Waals surface area (Å²) in [6, 6.07) is -1.05. The molecule has 4 rings (SSSR count). The fraction of sp³-hybridized carbons (Fsp3) is 0.667. The van der Waals surface area contributed by atoms with Crippen LogP contribution in [0.5, 0.6) is 5.88 Å². The van der Waals surface area contributed by atoms with Crippen molar-refractivity contribution in [1.29, 1.82) is 0 Å². The lowest BCUT2D eigenvalue weighted by Gasteiger charge is -2.27. The predicted octanol–water partition coefficient (Wildman–Crippen LogP) is 2.40. The Labute approximate surface area is 229 Å². The number of rotatable bonds is 10. The molecule has 1 saturated carbocycles. The zero-order valence-electron chi connectivity index (χ0n) is 22.4. The summed E-state index contributed by atoms with van der Waals surface area (Å²) in [6.07, 6.45) is 6.13. The minimum absolute atomic E-state index is 0.00330.